The maximum absolute atomic E-state index is 12.5. The lowest BCUT2D eigenvalue weighted by molar-refractivity contribution is -0.151. The normalized spacial score (nSPS) is 23.9. The fraction of sp³-hybridized carbons (Fsp3) is 0.529. The number of hydrogen-bond acceptors (Lipinski definition) is 2. The van der Waals surface area contributed by atoms with Crippen LogP contribution in [-0.2, 0) is 16.1 Å². The summed E-state index contributed by atoms with van der Waals surface area (Å²) >= 11 is 0. The second-order valence-corrected chi connectivity index (χ2v) is 6.01. The first-order valence-corrected chi connectivity index (χ1v) is 7.60. The van der Waals surface area contributed by atoms with Gasteiger partial charge in [0.15, 0.2) is 0 Å². The lowest BCUT2D eigenvalue weighted by atomic mass is 9.93. The fourth-order valence-corrected chi connectivity index (χ4v) is 2.74. The molecule has 4 heteroatoms. The zero-order valence-electron chi connectivity index (χ0n) is 13.2. The van der Waals surface area contributed by atoms with Crippen LogP contribution in [0.4, 0.5) is 0 Å². The highest BCUT2D eigenvalue weighted by Crippen LogP contribution is 2.22. The van der Waals surface area contributed by atoms with E-state index in [1.54, 1.807) is 11.8 Å². The molecule has 1 heterocycles. The third-order valence-corrected chi connectivity index (χ3v) is 4.27. The Labute approximate surface area is 126 Å². The van der Waals surface area contributed by atoms with Crippen LogP contribution in [0.15, 0.2) is 24.3 Å². The van der Waals surface area contributed by atoms with Gasteiger partial charge in [-0.3, -0.25) is 9.59 Å². The van der Waals surface area contributed by atoms with Gasteiger partial charge in [-0.05, 0) is 25.3 Å². The zero-order chi connectivity index (χ0) is 15.6. The lowest BCUT2D eigenvalue weighted by Gasteiger charge is -2.40. The van der Waals surface area contributed by atoms with Crippen LogP contribution in [0.1, 0.15) is 38.3 Å². The van der Waals surface area contributed by atoms with Crippen molar-refractivity contribution in [3.63, 3.8) is 0 Å². The highest BCUT2D eigenvalue weighted by atomic mass is 16.2. The molecule has 21 heavy (non-hydrogen) atoms. The zero-order valence-corrected chi connectivity index (χ0v) is 13.2. The molecule has 2 rings (SSSR count). The van der Waals surface area contributed by atoms with E-state index in [9.17, 15) is 9.59 Å². The van der Waals surface area contributed by atoms with E-state index >= 15 is 0 Å². The van der Waals surface area contributed by atoms with E-state index in [0.717, 1.165) is 12.0 Å². The van der Waals surface area contributed by atoms with Crippen LogP contribution in [0.25, 0.3) is 0 Å². The Kier molecular flexibility index (Phi) is 4.66. The highest BCUT2D eigenvalue weighted by Gasteiger charge is 2.40. The second-order valence-electron chi connectivity index (χ2n) is 6.01. The van der Waals surface area contributed by atoms with Crippen LogP contribution in [-0.4, -0.2) is 28.8 Å². The summed E-state index contributed by atoms with van der Waals surface area (Å²) in [4.78, 5) is 26.5. The van der Waals surface area contributed by atoms with Crippen molar-refractivity contribution in [2.24, 2.45) is 5.92 Å². The minimum Gasteiger partial charge on any atom is -0.343 e. The third-order valence-electron chi connectivity index (χ3n) is 4.27. The maximum atomic E-state index is 12.5. The Morgan fingerprint density at radius 3 is 2.43 bits per heavy atom. The van der Waals surface area contributed by atoms with Gasteiger partial charge in [0.05, 0.1) is 0 Å². The molecule has 2 amide bonds. The summed E-state index contributed by atoms with van der Waals surface area (Å²) in [6.07, 6.45) is 0.865. The van der Waals surface area contributed by atoms with Crippen molar-refractivity contribution in [3.05, 3.63) is 35.4 Å². The van der Waals surface area contributed by atoms with Crippen LogP contribution >= 0.6 is 0 Å². The molecule has 0 bridgehead atoms. The van der Waals surface area contributed by atoms with Crippen molar-refractivity contribution in [1.82, 2.24) is 10.2 Å². The molecule has 114 valence electrons. The summed E-state index contributed by atoms with van der Waals surface area (Å²) in [6.45, 7) is 8.34. The van der Waals surface area contributed by atoms with E-state index in [-0.39, 0.29) is 23.8 Å². The number of piperazine rings is 1. The molecular weight excluding hydrogens is 264 g/mol. The number of aryl methyl sites for hydroxylation is 1. The molecule has 0 spiro atoms. The minimum atomic E-state index is -0.441. The molecule has 1 N–H and O–H groups in total. The van der Waals surface area contributed by atoms with Gasteiger partial charge in [0.1, 0.15) is 12.1 Å². The molecule has 1 saturated heterocycles. The predicted octanol–water partition coefficient (Wildman–Crippen LogP) is 2.26. The van der Waals surface area contributed by atoms with Crippen molar-refractivity contribution in [3.8, 4) is 0 Å². The number of benzene rings is 1. The van der Waals surface area contributed by atoms with Gasteiger partial charge in [0.25, 0.3) is 0 Å². The Morgan fingerprint density at radius 1 is 1.24 bits per heavy atom. The van der Waals surface area contributed by atoms with Crippen LogP contribution in [0, 0.1) is 12.8 Å². The van der Waals surface area contributed by atoms with E-state index in [1.807, 2.05) is 45.0 Å². The van der Waals surface area contributed by atoms with Gasteiger partial charge in [-0.1, -0.05) is 50.1 Å². The van der Waals surface area contributed by atoms with Crippen LogP contribution in [0.3, 0.4) is 0 Å². The minimum absolute atomic E-state index is 0.000440. The number of hydrogen-bond donors (Lipinski definition) is 1. The van der Waals surface area contributed by atoms with E-state index in [0.29, 0.717) is 6.54 Å². The number of carbonyl (C=O) groups is 2. The largest absolute Gasteiger partial charge is 0.343 e. The van der Waals surface area contributed by atoms with Crippen LogP contribution in [0.5, 0.6) is 0 Å². The summed E-state index contributed by atoms with van der Waals surface area (Å²) in [5, 5.41) is 2.79. The van der Waals surface area contributed by atoms with Gasteiger partial charge in [0.2, 0.25) is 11.8 Å². The first-order chi connectivity index (χ1) is 9.93. The molecule has 0 radical (unpaired) electrons. The Bertz CT molecular complexity index is 524. The average molecular weight is 288 g/mol. The van der Waals surface area contributed by atoms with Gasteiger partial charge >= 0.3 is 0 Å². The summed E-state index contributed by atoms with van der Waals surface area (Å²) in [5.74, 6) is 0.107. The first-order valence-electron chi connectivity index (χ1n) is 7.60. The SMILES string of the molecule is CCC(C)C1C(=O)NC(C)C(=O)N1Cc1ccc(C)cc1. The standard InChI is InChI=1S/C17H24N2O2/c1-5-12(3)15-16(20)18-13(4)17(21)19(15)10-14-8-6-11(2)7-9-14/h6-9,12-13,15H,5,10H2,1-4H3,(H,18,20). The lowest BCUT2D eigenvalue weighted by Crippen LogP contribution is -2.63. The van der Waals surface area contributed by atoms with Gasteiger partial charge in [-0.25, -0.2) is 0 Å². The molecule has 0 saturated carbocycles. The van der Waals surface area contributed by atoms with E-state index in [2.05, 4.69) is 5.32 Å². The summed E-state index contributed by atoms with van der Waals surface area (Å²) < 4.78 is 0. The van der Waals surface area contributed by atoms with Gasteiger partial charge in [0, 0.05) is 6.54 Å². The molecule has 1 aromatic rings. The van der Waals surface area contributed by atoms with Crippen LogP contribution < -0.4 is 5.32 Å². The van der Waals surface area contributed by atoms with Crippen molar-refractivity contribution in [1.29, 1.82) is 0 Å². The Balaban J connectivity index is 2.27. The third kappa shape index (κ3) is 3.26. The molecule has 1 fully saturated rings. The monoisotopic (exact) mass is 288 g/mol. The van der Waals surface area contributed by atoms with Gasteiger partial charge < -0.3 is 10.2 Å². The number of nitrogens with one attached hydrogen (secondary N) is 1. The number of nitrogens with zero attached hydrogens (tertiary/aromatic N) is 1. The molecule has 3 atom stereocenters. The van der Waals surface area contributed by atoms with Crippen molar-refractivity contribution >= 4 is 11.8 Å². The van der Waals surface area contributed by atoms with E-state index in [4.69, 9.17) is 0 Å². The first kappa shape index (κ1) is 15.5. The molecule has 1 aliphatic rings. The molecule has 1 aliphatic heterocycles. The van der Waals surface area contributed by atoms with Crippen molar-refractivity contribution in [2.75, 3.05) is 0 Å². The summed E-state index contributed by atoms with van der Waals surface area (Å²) in [6, 6.07) is 7.29. The smallest absolute Gasteiger partial charge is 0.245 e. The summed E-state index contributed by atoms with van der Waals surface area (Å²) in [5.41, 5.74) is 2.25. The molecular formula is C17H24N2O2. The maximum Gasteiger partial charge on any atom is 0.245 e. The van der Waals surface area contributed by atoms with Gasteiger partial charge in [-0.2, -0.15) is 0 Å². The number of carbonyl (C=O) groups excluding carboxylic acids is 2. The molecule has 3 unspecified atom stereocenters. The number of amides is 2. The van der Waals surface area contributed by atoms with Crippen molar-refractivity contribution < 1.29 is 9.59 Å². The fourth-order valence-electron chi connectivity index (χ4n) is 2.74. The highest BCUT2D eigenvalue weighted by molar-refractivity contribution is 5.96. The molecule has 0 aromatic heterocycles. The molecule has 0 aliphatic carbocycles. The van der Waals surface area contributed by atoms with E-state index in [1.165, 1.54) is 5.56 Å². The number of rotatable bonds is 4. The summed E-state index contributed by atoms with van der Waals surface area (Å²) in [7, 11) is 0. The average Bonchev–Trinajstić information content (AvgIpc) is 2.46. The quantitative estimate of drug-likeness (QED) is 0.924. The molecule has 1 aromatic carbocycles. The van der Waals surface area contributed by atoms with Crippen molar-refractivity contribution in [2.45, 2.75) is 52.7 Å². The Morgan fingerprint density at radius 2 is 1.86 bits per heavy atom. The van der Waals surface area contributed by atoms with Crippen LogP contribution in [0.2, 0.25) is 0 Å². The Hall–Kier alpha value is -1.84. The topological polar surface area (TPSA) is 49.4 Å². The van der Waals surface area contributed by atoms with E-state index < -0.39 is 6.04 Å². The molecule has 4 nitrogen and oxygen atoms in total. The predicted molar refractivity (Wildman–Crippen MR) is 82.6 cm³/mol. The van der Waals surface area contributed by atoms with Gasteiger partial charge in [-0.15, -0.1) is 0 Å². The second kappa shape index (κ2) is 6.29.